The summed E-state index contributed by atoms with van der Waals surface area (Å²) in [6.45, 7) is 0.362. The van der Waals surface area contributed by atoms with E-state index >= 15 is 0 Å². The molecule has 2 heterocycles. The third kappa shape index (κ3) is 3.77. The number of furan rings is 1. The molecule has 136 valence electrons. The molecule has 2 aromatic heterocycles. The van der Waals surface area contributed by atoms with Crippen molar-refractivity contribution in [2.75, 3.05) is 0 Å². The van der Waals surface area contributed by atoms with E-state index in [1.54, 1.807) is 49.0 Å². The van der Waals surface area contributed by atoms with Crippen LogP contribution in [0.15, 0.2) is 94.7 Å². The van der Waals surface area contributed by atoms with Crippen LogP contribution in [0.2, 0.25) is 0 Å². The number of hydrogen-bond acceptors (Lipinski definition) is 4. The first kappa shape index (κ1) is 17.5. The molecule has 0 spiro atoms. The van der Waals surface area contributed by atoms with E-state index in [1.807, 2.05) is 36.4 Å². The Morgan fingerprint density at radius 2 is 1.74 bits per heavy atom. The van der Waals surface area contributed by atoms with Gasteiger partial charge in [0.2, 0.25) is 10.0 Å². The summed E-state index contributed by atoms with van der Waals surface area (Å²) in [5.74, 6) is 0.586. The van der Waals surface area contributed by atoms with Gasteiger partial charge in [-0.05, 0) is 46.7 Å². The second-order valence-corrected chi connectivity index (χ2v) is 8.16. The van der Waals surface area contributed by atoms with E-state index in [0.29, 0.717) is 5.76 Å². The van der Waals surface area contributed by atoms with E-state index in [1.165, 1.54) is 4.31 Å². The van der Waals surface area contributed by atoms with Gasteiger partial charge in [-0.15, -0.1) is 0 Å². The Hall–Kier alpha value is -2.96. The molecule has 2 aromatic carbocycles. The summed E-state index contributed by atoms with van der Waals surface area (Å²) < 4.78 is 33.5. The lowest BCUT2D eigenvalue weighted by Crippen LogP contribution is -2.30. The van der Waals surface area contributed by atoms with Crippen LogP contribution >= 0.6 is 0 Å². The van der Waals surface area contributed by atoms with Crippen LogP contribution in [0.3, 0.4) is 0 Å². The zero-order chi connectivity index (χ0) is 18.7. The van der Waals surface area contributed by atoms with E-state index in [0.717, 1.165) is 16.3 Å². The van der Waals surface area contributed by atoms with Gasteiger partial charge in [0.15, 0.2) is 0 Å². The van der Waals surface area contributed by atoms with Crippen molar-refractivity contribution < 1.29 is 12.8 Å². The fraction of sp³-hybridized carbons (Fsp3) is 0.0952. The van der Waals surface area contributed by atoms with Gasteiger partial charge < -0.3 is 4.42 Å². The number of nitrogens with zero attached hydrogens (tertiary/aromatic N) is 2. The van der Waals surface area contributed by atoms with E-state index < -0.39 is 10.0 Å². The van der Waals surface area contributed by atoms with Crippen LogP contribution in [0.5, 0.6) is 0 Å². The fourth-order valence-corrected chi connectivity index (χ4v) is 4.40. The second-order valence-electron chi connectivity index (χ2n) is 6.22. The van der Waals surface area contributed by atoms with Crippen molar-refractivity contribution in [2.24, 2.45) is 0 Å². The molecule has 0 aliphatic rings. The number of sulfonamides is 1. The Bertz CT molecular complexity index is 1140. The molecule has 5 nitrogen and oxygen atoms in total. The number of benzene rings is 2. The van der Waals surface area contributed by atoms with Gasteiger partial charge in [0.25, 0.3) is 0 Å². The van der Waals surface area contributed by atoms with Crippen LogP contribution in [-0.4, -0.2) is 17.7 Å². The molecule has 0 fully saturated rings. The Kier molecular flexibility index (Phi) is 4.75. The van der Waals surface area contributed by atoms with E-state index in [4.69, 9.17) is 4.42 Å². The Labute approximate surface area is 157 Å². The number of rotatable bonds is 6. The molecule has 0 aliphatic heterocycles. The van der Waals surface area contributed by atoms with E-state index in [9.17, 15) is 8.42 Å². The topological polar surface area (TPSA) is 63.4 Å². The lowest BCUT2D eigenvalue weighted by molar-refractivity contribution is 0.358. The summed E-state index contributed by atoms with van der Waals surface area (Å²) in [5.41, 5.74) is 0.813. The van der Waals surface area contributed by atoms with Crippen molar-refractivity contribution in [3.8, 4) is 0 Å². The Morgan fingerprint density at radius 1 is 0.889 bits per heavy atom. The summed E-state index contributed by atoms with van der Waals surface area (Å²) in [5, 5.41) is 1.89. The van der Waals surface area contributed by atoms with Gasteiger partial charge in [-0.1, -0.05) is 36.4 Å². The van der Waals surface area contributed by atoms with Gasteiger partial charge in [0.05, 0.1) is 17.7 Å². The largest absolute Gasteiger partial charge is 0.468 e. The van der Waals surface area contributed by atoms with Crippen LogP contribution < -0.4 is 0 Å². The Morgan fingerprint density at radius 3 is 2.48 bits per heavy atom. The first-order valence-electron chi connectivity index (χ1n) is 8.53. The molecule has 4 aromatic rings. The third-order valence-corrected chi connectivity index (χ3v) is 6.14. The van der Waals surface area contributed by atoms with Crippen molar-refractivity contribution >= 4 is 20.8 Å². The summed E-state index contributed by atoms with van der Waals surface area (Å²) in [6, 6.07) is 20.1. The maximum absolute atomic E-state index is 13.4. The van der Waals surface area contributed by atoms with Crippen molar-refractivity contribution in [3.05, 3.63) is 96.7 Å². The zero-order valence-electron chi connectivity index (χ0n) is 14.5. The minimum absolute atomic E-state index is 0.150. The van der Waals surface area contributed by atoms with Crippen molar-refractivity contribution in [1.29, 1.82) is 0 Å². The first-order valence-corrected chi connectivity index (χ1v) is 9.97. The highest BCUT2D eigenvalue weighted by atomic mass is 32.2. The summed E-state index contributed by atoms with van der Waals surface area (Å²) in [6.07, 6.45) is 4.88. The lowest BCUT2D eigenvalue weighted by Gasteiger charge is -2.21. The van der Waals surface area contributed by atoms with Gasteiger partial charge in [0.1, 0.15) is 5.76 Å². The SMILES string of the molecule is O=S(=O)(c1ccc2ccccc2c1)N(Cc1cccnc1)Cc1ccco1. The highest BCUT2D eigenvalue weighted by molar-refractivity contribution is 7.89. The zero-order valence-corrected chi connectivity index (χ0v) is 15.3. The molecule has 0 saturated heterocycles. The quantitative estimate of drug-likeness (QED) is 0.504. The second kappa shape index (κ2) is 7.34. The molecule has 0 atom stereocenters. The number of hydrogen-bond donors (Lipinski definition) is 0. The predicted octanol–water partition coefficient (Wildman–Crippen LogP) is 4.22. The average Bonchev–Trinajstić information content (AvgIpc) is 3.21. The van der Waals surface area contributed by atoms with Gasteiger partial charge in [-0.25, -0.2) is 8.42 Å². The Balaban J connectivity index is 1.73. The predicted molar refractivity (Wildman–Crippen MR) is 103 cm³/mol. The normalized spacial score (nSPS) is 11.9. The van der Waals surface area contributed by atoms with Crippen LogP contribution in [-0.2, 0) is 23.1 Å². The minimum Gasteiger partial charge on any atom is -0.468 e. The first-order chi connectivity index (χ1) is 13.1. The molecule has 0 N–H and O–H groups in total. The molecule has 0 bridgehead atoms. The number of aromatic nitrogens is 1. The standard InChI is InChI=1S/C21H18N2O3S/c24-27(25,21-10-9-18-6-1-2-7-19(18)13-21)23(16-20-8-4-12-26-20)15-17-5-3-11-22-14-17/h1-14H,15-16H2. The molecule has 6 heteroatoms. The fourth-order valence-electron chi connectivity index (χ4n) is 2.97. The monoisotopic (exact) mass is 378 g/mol. The van der Waals surface area contributed by atoms with Crippen molar-refractivity contribution in [2.45, 2.75) is 18.0 Å². The highest BCUT2D eigenvalue weighted by Gasteiger charge is 2.26. The van der Waals surface area contributed by atoms with Gasteiger partial charge in [-0.3, -0.25) is 4.98 Å². The average molecular weight is 378 g/mol. The van der Waals surface area contributed by atoms with Crippen molar-refractivity contribution in [3.63, 3.8) is 0 Å². The van der Waals surface area contributed by atoms with Gasteiger partial charge in [-0.2, -0.15) is 4.31 Å². The van der Waals surface area contributed by atoms with Crippen LogP contribution in [0.4, 0.5) is 0 Å². The molecule has 0 unspecified atom stereocenters. The van der Waals surface area contributed by atoms with Gasteiger partial charge >= 0.3 is 0 Å². The molecular formula is C21H18N2O3S. The number of pyridine rings is 1. The minimum atomic E-state index is -3.72. The molecular weight excluding hydrogens is 360 g/mol. The maximum Gasteiger partial charge on any atom is 0.243 e. The summed E-state index contributed by atoms with van der Waals surface area (Å²) >= 11 is 0. The molecule has 0 aliphatic carbocycles. The summed E-state index contributed by atoms with van der Waals surface area (Å²) in [4.78, 5) is 4.35. The smallest absolute Gasteiger partial charge is 0.243 e. The van der Waals surface area contributed by atoms with Crippen molar-refractivity contribution in [1.82, 2.24) is 9.29 Å². The van der Waals surface area contributed by atoms with E-state index in [-0.39, 0.29) is 18.0 Å². The van der Waals surface area contributed by atoms with Crippen LogP contribution in [0.1, 0.15) is 11.3 Å². The van der Waals surface area contributed by atoms with Gasteiger partial charge in [0, 0.05) is 18.9 Å². The number of fused-ring (bicyclic) bond motifs is 1. The molecule has 27 heavy (non-hydrogen) atoms. The molecule has 0 radical (unpaired) electrons. The van der Waals surface area contributed by atoms with Crippen LogP contribution in [0, 0.1) is 0 Å². The highest BCUT2D eigenvalue weighted by Crippen LogP contribution is 2.24. The maximum atomic E-state index is 13.4. The van der Waals surface area contributed by atoms with Crippen LogP contribution in [0.25, 0.3) is 10.8 Å². The van der Waals surface area contributed by atoms with E-state index in [2.05, 4.69) is 4.98 Å². The summed E-state index contributed by atoms with van der Waals surface area (Å²) in [7, 11) is -3.72. The molecule has 4 rings (SSSR count). The lowest BCUT2D eigenvalue weighted by atomic mass is 10.1. The third-order valence-electron chi connectivity index (χ3n) is 4.35. The molecule has 0 amide bonds. The molecule has 0 saturated carbocycles.